The van der Waals surface area contributed by atoms with Gasteiger partial charge in [-0.05, 0) is 30.2 Å². The Hall–Kier alpha value is -0.970. The maximum atomic E-state index is 12.8. The van der Waals surface area contributed by atoms with Gasteiger partial charge < -0.3 is 15.9 Å². The van der Waals surface area contributed by atoms with Crippen molar-refractivity contribution < 1.29 is 14.6 Å². The smallest absolute Gasteiger partial charge is 0.123 e. The number of nitrogens with two attached hydrogens (primary N) is 1. The molecule has 0 aliphatic heterocycles. The van der Waals surface area contributed by atoms with Crippen LogP contribution in [0.4, 0.5) is 4.39 Å². The molecule has 1 atom stereocenters. The van der Waals surface area contributed by atoms with E-state index >= 15 is 0 Å². The Kier molecular flexibility index (Phi) is 3.21. The molecule has 0 amide bonds. The summed E-state index contributed by atoms with van der Waals surface area (Å²) in [7, 11) is 0. The van der Waals surface area contributed by atoms with E-state index in [0.717, 1.165) is 0 Å². The topological polar surface area (TPSA) is 66.5 Å². The molecule has 3 nitrogen and oxygen atoms in total. The summed E-state index contributed by atoms with van der Waals surface area (Å²) in [4.78, 5) is 0. The first kappa shape index (κ1) is 11.1. The summed E-state index contributed by atoms with van der Waals surface area (Å²) in [5, 5.41) is 18.0. The third-order valence-corrected chi connectivity index (χ3v) is 2.18. The molecule has 4 heteroatoms. The van der Waals surface area contributed by atoms with Crippen LogP contribution in [0, 0.1) is 5.82 Å². The third kappa shape index (κ3) is 2.09. The molecule has 1 rings (SSSR count). The normalized spacial score (nSPS) is 15.2. The molecule has 0 heterocycles. The molecule has 0 bridgehead atoms. The second-order valence-electron chi connectivity index (χ2n) is 3.54. The van der Waals surface area contributed by atoms with E-state index in [1.165, 1.54) is 18.2 Å². The minimum atomic E-state index is -0.953. The Balaban J connectivity index is 3.20. The molecular weight excluding hydrogens is 185 g/mol. The van der Waals surface area contributed by atoms with Gasteiger partial charge in [-0.2, -0.15) is 0 Å². The van der Waals surface area contributed by atoms with Gasteiger partial charge >= 0.3 is 0 Å². The molecule has 0 aromatic heterocycles. The van der Waals surface area contributed by atoms with Gasteiger partial charge in [0.05, 0.1) is 18.8 Å². The van der Waals surface area contributed by atoms with E-state index in [-0.39, 0.29) is 13.2 Å². The van der Waals surface area contributed by atoms with Crippen molar-refractivity contribution in [2.45, 2.75) is 19.1 Å². The number of hydrogen-bond acceptors (Lipinski definition) is 3. The largest absolute Gasteiger partial charge is 0.394 e. The molecule has 0 aliphatic rings. The van der Waals surface area contributed by atoms with E-state index in [1.54, 1.807) is 6.92 Å². The lowest BCUT2D eigenvalue weighted by Gasteiger charge is -2.24. The summed E-state index contributed by atoms with van der Waals surface area (Å²) in [5.74, 6) is -0.425. The molecule has 14 heavy (non-hydrogen) atoms. The quantitative estimate of drug-likeness (QED) is 0.663. The van der Waals surface area contributed by atoms with Gasteiger partial charge in [-0.25, -0.2) is 4.39 Å². The first-order chi connectivity index (χ1) is 6.51. The van der Waals surface area contributed by atoms with Crippen molar-refractivity contribution in [3.63, 3.8) is 0 Å². The molecule has 1 aromatic carbocycles. The van der Waals surface area contributed by atoms with Crippen molar-refractivity contribution in [2.24, 2.45) is 5.73 Å². The minimum Gasteiger partial charge on any atom is -0.394 e. The van der Waals surface area contributed by atoms with Crippen molar-refractivity contribution in [3.8, 4) is 0 Å². The summed E-state index contributed by atoms with van der Waals surface area (Å²) in [6.07, 6.45) is 0. The van der Waals surface area contributed by atoms with Crippen LogP contribution in [0.15, 0.2) is 18.2 Å². The van der Waals surface area contributed by atoms with Gasteiger partial charge in [0.2, 0.25) is 0 Å². The Morgan fingerprint density at radius 2 is 2.07 bits per heavy atom. The SMILES string of the molecule is CC(N)(CO)c1ccc(F)cc1CO. The zero-order valence-corrected chi connectivity index (χ0v) is 8.00. The molecule has 78 valence electrons. The van der Waals surface area contributed by atoms with Crippen LogP contribution in [-0.4, -0.2) is 16.8 Å². The Morgan fingerprint density at radius 1 is 1.43 bits per heavy atom. The van der Waals surface area contributed by atoms with Gasteiger partial charge in [-0.3, -0.25) is 0 Å². The summed E-state index contributed by atoms with van der Waals surface area (Å²) in [5.41, 5.74) is 5.79. The van der Waals surface area contributed by atoms with Crippen molar-refractivity contribution in [2.75, 3.05) is 6.61 Å². The molecule has 0 aliphatic carbocycles. The maximum Gasteiger partial charge on any atom is 0.123 e. The van der Waals surface area contributed by atoms with Crippen LogP contribution in [0.2, 0.25) is 0 Å². The number of aliphatic hydroxyl groups excluding tert-OH is 2. The van der Waals surface area contributed by atoms with Gasteiger partial charge in [0.1, 0.15) is 5.82 Å². The predicted molar refractivity (Wildman–Crippen MR) is 50.9 cm³/mol. The fraction of sp³-hybridized carbons (Fsp3) is 0.400. The van der Waals surface area contributed by atoms with Gasteiger partial charge in [0.25, 0.3) is 0 Å². The second-order valence-corrected chi connectivity index (χ2v) is 3.54. The number of rotatable bonds is 3. The summed E-state index contributed by atoms with van der Waals surface area (Å²) in [6, 6.07) is 3.96. The average Bonchev–Trinajstić information content (AvgIpc) is 2.17. The van der Waals surface area contributed by atoms with E-state index in [1.807, 2.05) is 0 Å². The Labute approximate surface area is 82.0 Å². The highest BCUT2D eigenvalue weighted by Crippen LogP contribution is 2.22. The minimum absolute atomic E-state index is 0.258. The highest BCUT2D eigenvalue weighted by molar-refractivity contribution is 5.33. The highest BCUT2D eigenvalue weighted by Gasteiger charge is 2.23. The Morgan fingerprint density at radius 3 is 2.57 bits per heavy atom. The molecule has 0 spiro atoms. The van der Waals surface area contributed by atoms with Crippen molar-refractivity contribution in [3.05, 3.63) is 35.1 Å². The van der Waals surface area contributed by atoms with Gasteiger partial charge in [-0.1, -0.05) is 6.07 Å². The first-order valence-electron chi connectivity index (χ1n) is 4.31. The second kappa shape index (κ2) is 4.04. The van der Waals surface area contributed by atoms with Crippen LogP contribution in [-0.2, 0) is 12.1 Å². The number of halogens is 1. The lowest BCUT2D eigenvalue weighted by atomic mass is 9.90. The maximum absolute atomic E-state index is 12.8. The fourth-order valence-electron chi connectivity index (χ4n) is 1.34. The average molecular weight is 199 g/mol. The molecular formula is C10H14FNO2. The van der Waals surface area contributed by atoms with Crippen molar-refractivity contribution in [1.82, 2.24) is 0 Å². The van der Waals surface area contributed by atoms with E-state index in [2.05, 4.69) is 0 Å². The van der Waals surface area contributed by atoms with Crippen LogP contribution in [0.5, 0.6) is 0 Å². The number of benzene rings is 1. The monoisotopic (exact) mass is 199 g/mol. The number of hydrogen-bond donors (Lipinski definition) is 3. The van der Waals surface area contributed by atoms with Crippen molar-refractivity contribution in [1.29, 1.82) is 0 Å². The molecule has 0 saturated heterocycles. The lowest BCUT2D eigenvalue weighted by molar-refractivity contribution is 0.205. The van der Waals surface area contributed by atoms with Crippen LogP contribution in [0.25, 0.3) is 0 Å². The molecule has 1 aromatic rings. The molecule has 4 N–H and O–H groups in total. The summed E-state index contributed by atoms with van der Waals surface area (Å²) in [6.45, 7) is 1.07. The molecule has 0 fully saturated rings. The van der Waals surface area contributed by atoms with Gasteiger partial charge in [0.15, 0.2) is 0 Å². The fourth-order valence-corrected chi connectivity index (χ4v) is 1.34. The molecule has 0 saturated carbocycles. The zero-order chi connectivity index (χ0) is 10.8. The number of aliphatic hydroxyl groups is 2. The van der Waals surface area contributed by atoms with E-state index < -0.39 is 11.4 Å². The van der Waals surface area contributed by atoms with Crippen LogP contribution >= 0.6 is 0 Å². The van der Waals surface area contributed by atoms with E-state index in [0.29, 0.717) is 11.1 Å². The van der Waals surface area contributed by atoms with E-state index in [4.69, 9.17) is 15.9 Å². The molecule has 0 radical (unpaired) electrons. The van der Waals surface area contributed by atoms with Gasteiger partial charge in [0, 0.05) is 0 Å². The van der Waals surface area contributed by atoms with Crippen LogP contribution < -0.4 is 5.73 Å². The zero-order valence-electron chi connectivity index (χ0n) is 8.00. The summed E-state index contributed by atoms with van der Waals surface area (Å²) < 4.78 is 12.8. The van der Waals surface area contributed by atoms with Crippen molar-refractivity contribution >= 4 is 0 Å². The predicted octanol–water partition coefficient (Wildman–Crippen LogP) is 0.484. The Bertz CT molecular complexity index is 326. The highest BCUT2D eigenvalue weighted by atomic mass is 19.1. The van der Waals surface area contributed by atoms with Gasteiger partial charge in [-0.15, -0.1) is 0 Å². The first-order valence-corrected chi connectivity index (χ1v) is 4.31. The van der Waals surface area contributed by atoms with Crippen LogP contribution in [0.1, 0.15) is 18.1 Å². The van der Waals surface area contributed by atoms with E-state index in [9.17, 15) is 4.39 Å². The summed E-state index contributed by atoms with van der Waals surface area (Å²) >= 11 is 0. The lowest BCUT2D eigenvalue weighted by Crippen LogP contribution is -2.38. The standard InChI is InChI=1S/C10H14FNO2/c1-10(12,6-14)9-3-2-8(11)4-7(9)5-13/h2-4,13-14H,5-6,12H2,1H3. The third-order valence-electron chi connectivity index (χ3n) is 2.18. The van der Waals surface area contributed by atoms with Crippen LogP contribution in [0.3, 0.4) is 0 Å². The molecule has 1 unspecified atom stereocenters.